The van der Waals surface area contributed by atoms with Gasteiger partial charge in [0.1, 0.15) is 29.7 Å². The van der Waals surface area contributed by atoms with Gasteiger partial charge in [-0.05, 0) is 87.2 Å². The zero-order valence-electron chi connectivity index (χ0n) is 18.4. The number of rotatable bonds is 6. The summed E-state index contributed by atoms with van der Waals surface area (Å²) in [5.41, 5.74) is 3.41. The molecule has 5 nitrogen and oxygen atoms in total. The molecule has 0 bridgehead atoms. The number of amides is 1. The first-order chi connectivity index (χ1) is 16.4. The number of nitrogens with one attached hydrogen (secondary N) is 1. The van der Waals surface area contributed by atoms with E-state index < -0.39 is 5.91 Å². The van der Waals surface area contributed by atoms with E-state index in [0.717, 1.165) is 21.0 Å². The summed E-state index contributed by atoms with van der Waals surface area (Å²) in [7, 11) is 0. The van der Waals surface area contributed by atoms with Gasteiger partial charge in [0.2, 0.25) is 0 Å². The third-order valence-corrected chi connectivity index (χ3v) is 6.02. The van der Waals surface area contributed by atoms with Gasteiger partial charge >= 0.3 is 0 Å². The van der Waals surface area contributed by atoms with Crippen molar-refractivity contribution in [3.8, 4) is 17.6 Å². The minimum Gasteiger partial charge on any atom is -0.508 e. The van der Waals surface area contributed by atoms with Crippen molar-refractivity contribution in [2.24, 2.45) is 0 Å². The van der Waals surface area contributed by atoms with E-state index in [4.69, 9.17) is 4.74 Å². The first-order valence-corrected chi connectivity index (χ1v) is 11.4. The second-order valence-corrected chi connectivity index (χ2v) is 8.59. The first-order valence-electron chi connectivity index (χ1n) is 10.6. The van der Waals surface area contributed by atoms with Crippen molar-refractivity contribution in [2.45, 2.75) is 13.5 Å². The average molecular weight is 513 g/mol. The molecule has 2 N–H and O–H groups in total. The lowest BCUT2D eigenvalue weighted by molar-refractivity contribution is -0.112. The molecule has 4 aromatic carbocycles. The molecule has 0 aliphatic carbocycles. The number of halogens is 1. The Morgan fingerprint density at radius 3 is 2.59 bits per heavy atom. The Hall–Kier alpha value is -4.08. The van der Waals surface area contributed by atoms with Crippen molar-refractivity contribution < 1.29 is 14.6 Å². The molecule has 168 valence electrons. The fourth-order valence-electron chi connectivity index (χ4n) is 3.57. The molecule has 0 radical (unpaired) electrons. The highest BCUT2D eigenvalue weighted by Crippen LogP contribution is 2.30. The zero-order chi connectivity index (χ0) is 24.1. The maximum Gasteiger partial charge on any atom is 0.266 e. The number of hydrogen-bond donors (Lipinski definition) is 2. The normalized spacial score (nSPS) is 11.1. The molecule has 0 atom stereocenters. The highest BCUT2D eigenvalue weighted by atomic mass is 79.9. The van der Waals surface area contributed by atoms with Crippen LogP contribution >= 0.6 is 15.9 Å². The van der Waals surface area contributed by atoms with Crippen LogP contribution in [0.1, 0.15) is 16.7 Å². The number of benzene rings is 4. The maximum absolute atomic E-state index is 12.5. The van der Waals surface area contributed by atoms with E-state index in [9.17, 15) is 15.2 Å². The molecule has 0 saturated carbocycles. The maximum atomic E-state index is 12.5. The lowest BCUT2D eigenvalue weighted by Crippen LogP contribution is -2.13. The van der Waals surface area contributed by atoms with Crippen molar-refractivity contribution >= 4 is 44.4 Å². The van der Waals surface area contributed by atoms with Gasteiger partial charge in [-0.1, -0.05) is 42.5 Å². The van der Waals surface area contributed by atoms with E-state index in [1.807, 2.05) is 24.3 Å². The molecule has 4 rings (SSSR count). The standard InChI is InChI=1S/C28H21BrN2O3/c1-18-6-8-20-4-2-3-5-24(20)25(18)17-34-27-13-7-19(15-26(27)29)14-21(16-30)28(33)31-22-9-11-23(32)12-10-22/h2-15,32H,17H2,1H3,(H,31,33)/b21-14+. The number of anilines is 1. The molecule has 0 unspecified atom stereocenters. The van der Waals surface area contributed by atoms with Crippen molar-refractivity contribution in [3.63, 3.8) is 0 Å². The lowest BCUT2D eigenvalue weighted by atomic mass is 10.0. The highest BCUT2D eigenvalue weighted by molar-refractivity contribution is 9.10. The number of phenolic OH excluding ortho intramolecular Hbond substituents is 1. The fraction of sp³-hybridized carbons (Fsp3) is 0.0714. The second-order valence-electron chi connectivity index (χ2n) is 7.73. The Morgan fingerprint density at radius 1 is 1.09 bits per heavy atom. The van der Waals surface area contributed by atoms with Gasteiger partial charge in [-0.2, -0.15) is 5.26 Å². The Bertz CT molecular complexity index is 1440. The number of ether oxygens (including phenoxy) is 1. The summed E-state index contributed by atoms with van der Waals surface area (Å²) in [5.74, 6) is 0.226. The summed E-state index contributed by atoms with van der Waals surface area (Å²) in [6.07, 6.45) is 1.51. The number of carbonyl (C=O) groups excluding carboxylic acids is 1. The quantitative estimate of drug-likeness (QED) is 0.170. The monoisotopic (exact) mass is 512 g/mol. The zero-order valence-corrected chi connectivity index (χ0v) is 20.0. The predicted molar refractivity (Wildman–Crippen MR) is 137 cm³/mol. The van der Waals surface area contributed by atoms with Crippen LogP contribution in [0.5, 0.6) is 11.5 Å². The number of hydrogen-bond acceptors (Lipinski definition) is 4. The van der Waals surface area contributed by atoms with Gasteiger partial charge in [0.05, 0.1) is 4.47 Å². The van der Waals surface area contributed by atoms with Gasteiger partial charge in [0.25, 0.3) is 5.91 Å². The van der Waals surface area contributed by atoms with Crippen LogP contribution < -0.4 is 10.1 Å². The third kappa shape index (κ3) is 5.28. The first kappa shape index (κ1) is 23.1. The molecular formula is C28H21BrN2O3. The highest BCUT2D eigenvalue weighted by Gasteiger charge is 2.11. The molecule has 0 saturated heterocycles. The summed E-state index contributed by atoms with van der Waals surface area (Å²) in [4.78, 5) is 12.5. The van der Waals surface area contributed by atoms with E-state index in [0.29, 0.717) is 23.6 Å². The van der Waals surface area contributed by atoms with Crippen LogP contribution in [0.4, 0.5) is 5.69 Å². The molecule has 1 amide bonds. The largest absolute Gasteiger partial charge is 0.508 e. The molecule has 0 aliphatic rings. The van der Waals surface area contributed by atoms with E-state index >= 15 is 0 Å². The van der Waals surface area contributed by atoms with Gasteiger partial charge in [-0.25, -0.2) is 0 Å². The Labute approximate surface area is 206 Å². The van der Waals surface area contributed by atoms with Gasteiger partial charge in [0, 0.05) is 11.3 Å². The molecule has 0 heterocycles. The molecule has 4 aromatic rings. The third-order valence-electron chi connectivity index (χ3n) is 5.40. The number of fused-ring (bicyclic) bond motifs is 1. The van der Waals surface area contributed by atoms with E-state index in [-0.39, 0.29) is 11.3 Å². The van der Waals surface area contributed by atoms with Crippen molar-refractivity contribution in [2.75, 3.05) is 5.32 Å². The average Bonchev–Trinajstić information content (AvgIpc) is 2.84. The van der Waals surface area contributed by atoms with Crippen LogP contribution in [-0.4, -0.2) is 11.0 Å². The van der Waals surface area contributed by atoms with E-state index in [1.165, 1.54) is 23.6 Å². The van der Waals surface area contributed by atoms with Crippen LogP contribution in [0, 0.1) is 18.3 Å². The molecule has 6 heteroatoms. The van der Waals surface area contributed by atoms with Gasteiger partial charge < -0.3 is 15.2 Å². The minimum atomic E-state index is -0.531. The molecule has 0 aliphatic heterocycles. The van der Waals surface area contributed by atoms with Gasteiger partial charge in [0.15, 0.2) is 0 Å². The Balaban J connectivity index is 1.50. The van der Waals surface area contributed by atoms with Crippen molar-refractivity contribution in [3.05, 3.63) is 106 Å². The topological polar surface area (TPSA) is 82.3 Å². The summed E-state index contributed by atoms with van der Waals surface area (Å²) in [5, 5.41) is 23.8. The smallest absolute Gasteiger partial charge is 0.266 e. The number of nitrogens with zero attached hydrogens (tertiary/aromatic N) is 1. The van der Waals surface area contributed by atoms with Crippen LogP contribution in [-0.2, 0) is 11.4 Å². The number of aryl methyl sites for hydroxylation is 1. The lowest BCUT2D eigenvalue weighted by Gasteiger charge is -2.13. The minimum absolute atomic E-state index is 0.0416. The molecular weight excluding hydrogens is 492 g/mol. The summed E-state index contributed by atoms with van der Waals surface area (Å²) in [6.45, 7) is 2.49. The summed E-state index contributed by atoms with van der Waals surface area (Å²) in [6, 6.07) is 25.8. The van der Waals surface area contributed by atoms with Gasteiger partial charge in [-0.3, -0.25) is 4.79 Å². The second kappa shape index (κ2) is 10.2. The Morgan fingerprint density at radius 2 is 1.85 bits per heavy atom. The molecule has 0 spiro atoms. The van der Waals surface area contributed by atoms with Crippen molar-refractivity contribution in [1.82, 2.24) is 0 Å². The van der Waals surface area contributed by atoms with Crippen LogP contribution in [0.2, 0.25) is 0 Å². The van der Waals surface area contributed by atoms with Crippen molar-refractivity contribution in [1.29, 1.82) is 5.26 Å². The fourth-order valence-corrected chi connectivity index (χ4v) is 4.08. The van der Waals surface area contributed by atoms with Crippen LogP contribution in [0.25, 0.3) is 16.8 Å². The number of carbonyl (C=O) groups is 1. The number of aromatic hydroxyl groups is 1. The SMILES string of the molecule is Cc1ccc2ccccc2c1COc1ccc(/C=C(\C#N)C(=O)Nc2ccc(O)cc2)cc1Br. The molecule has 0 fully saturated rings. The molecule has 0 aromatic heterocycles. The Kier molecular flexibility index (Phi) is 6.95. The van der Waals surface area contributed by atoms with E-state index in [1.54, 1.807) is 24.3 Å². The predicted octanol–water partition coefficient (Wildman–Crippen LogP) is 6.74. The van der Waals surface area contributed by atoms with Crippen LogP contribution in [0.3, 0.4) is 0 Å². The number of phenols is 1. The number of nitriles is 1. The summed E-state index contributed by atoms with van der Waals surface area (Å²) < 4.78 is 6.82. The van der Waals surface area contributed by atoms with E-state index in [2.05, 4.69) is 52.4 Å². The summed E-state index contributed by atoms with van der Waals surface area (Å²) >= 11 is 3.54. The molecule has 34 heavy (non-hydrogen) atoms. The van der Waals surface area contributed by atoms with Crippen LogP contribution in [0.15, 0.2) is 88.9 Å². The van der Waals surface area contributed by atoms with Gasteiger partial charge in [-0.15, -0.1) is 0 Å².